The molecule has 0 saturated heterocycles. The van der Waals surface area contributed by atoms with Gasteiger partial charge in [0.25, 0.3) is 0 Å². The largest absolute Gasteiger partial charge is 0.678 e. The van der Waals surface area contributed by atoms with Gasteiger partial charge in [-0.3, -0.25) is 0 Å². The number of benzene rings is 6. The van der Waals surface area contributed by atoms with E-state index in [-0.39, 0.29) is 0 Å². The van der Waals surface area contributed by atoms with E-state index in [4.69, 9.17) is 29.1 Å². The Kier molecular flexibility index (Phi) is 5.84. The van der Waals surface area contributed by atoms with Gasteiger partial charge in [0.2, 0.25) is 0 Å². The maximum absolute atomic E-state index is 6.69. The fourth-order valence-electron chi connectivity index (χ4n) is 6.88. The minimum absolute atomic E-state index is 0.561. The van der Waals surface area contributed by atoms with Crippen LogP contribution in [0.25, 0.3) is 100 Å². The Bertz CT molecular complexity index is 2670. The number of furan rings is 2. The second-order valence-electron chi connectivity index (χ2n) is 11.9. The van der Waals surface area contributed by atoms with E-state index in [2.05, 4.69) is 54.6 Å². The van der Waals surface area contributed by atoms with Crippen LogP contribution in [0.15, 0.2) is 142 Å². The third kappa shape index (κ3) is 4.09. The summed E-state index contributed by atoms with van der Waals surface area (Å²) < 4.78 is 13.2. The van der Waals surface area contributed by atoms with E-state index in [0.29, 0.717) is 24.0 Å². The van der Waals surface area contributed by atoms with Crippen LogP contribution in [0.1, 0.15) is 5.76 Å². The molecule has 6 nitrogen and oxygen atoms in total. The molecule has 6 heteroatoms. The van der Waals surface area contributed by atoms with Crippen molar-refractivity contribution in [3.05, 3.63) is 145 Å². The van der Waals surface area contributed by atoms with Crippen LogP contribution in [0.5, 0.6) is 0 Å². The third-order valence-corrected chi connectivity index (χ3v) is 9.08. The lowest BCUT2D eigenvalue weighted by Gasteiger charge is -2.22. The van der Waals surface area contributed by atoms with Gasteiger partial charge in [-0.2, -0.15) is 0 Å². The molecule has 3 aromatic heterocycles. The Morgan fingerprint density at radius 2 is 1.21 bits per heavy atom. The van der Waals surface area contributed by atoms with Gasteiger partial charge in [0.15, 0.2) is 17.5 Å². The van der Waals surface area contributed by atoms with Gasteiger partial charge in [0.05, 0.1) is 0 Å². The number of hydrogen-bond donors (Lipinski definition) is 0. The van der Waals surface area contributed by atoms with Crippen LogP contribution < -0.4 is 0 Å². The molecule has 0 unspecified atom stereocenters. The second kappa shape index (κ2) is 10.5. The molecule has 0 aliphatic carbocycles. The summed E-state index contributed by atoms with van der Waals surface area (Å²) >= 11 is 0. The highest BCUT2D eigenvalue weighted by atomic mass is 16.3. The van der Waals surface area contributed by atoms with Gasteiger partial charge in [-0.15, -0.1) is 6.54 Å². The summed E-state index contributed by atoms with van der Waals surface area (Å²) in [4.78, 5) is 15.0. The number of aromatic nitrogens is 3. The van der Waals surface area contributed by atoms with Crippen molar-refractivity contribution in [2.24, 2.45) is 0 Å². The molecule has 9 aromatic rings. The minimum atomic E-state index is 0.561. The third-order valence-electron chi connectivity index (χ3n) is 9.08. The van der Waals surface area contributed by atoms with E-state index < -0.39 is 0 Å². The van der Waals surface area contributed by atoms with Crippen molar-refractivity contribution in [3.8, 4) is 45.3 Å². The van der Waals surface area contributed by atoms with Crippen LogP contribution in [0.3, 0.4) is 0 Å². The van der Waals surface area contributed by atoms with Crippen molar-refractivity contribution >= 4 is 55.4 Å². The van der Waals surface area contributed by atoms with Crippen LogP contribution in [-0.2, 0) is 0 Å². The van der Waals surface area contributed by atoms with Crippen molar-refractivity contribution in [2.75, 3.05) is 6.54 Å². The summed E-state index contributed by atoms with van der Waals surface area (Å²) in [6.07, 6.45) is 4.03. The molecule has 0 saturated carbocycles. The van der Waals surface area contributed by atoms with Gasteiger partial charge in [-0.05, 0) is 41.3 Å². The minimum Gasteiger partial charge on any atom is -0.678 e. The topological polar surface area (TPSA) is 79.1 Å². The van der Waals surface area contributed by atoms with E-state index in [1.54, 1.807) is 0 Å². The van der Waals surface area contributed by atoms with Gasteiger partial charge in [0, 0.05) is 43.8 Å². The van der Waals surface area contributed by atoms with Crippen molar-refractivity contribution in [3.63, 3.8) is 0 Å². The van der Waals surface area contributed by atoms with Crippen molar-refractivity contribution in [1.82, 2.24) is 15.0 Å². The molecular weight excluding hydrogens is 592 g/mol. The van der Waals surface area contributed by atoms with Gasteiger partial charge in [-0.1, -0.05) is 115 Å². The Balaban J connectivity index is 1.25. The normalized spacial score (nSPS) is 12.6. The predicted molar refractivity (Wildman–Crippen MR) is 193 cm³/mol. The number of rotatable bonds is 4. The first-order valence-corrected chi connectivity index (χ1v) is 15.9. The first kappa shape index (κ1) is 26.7. The monoisotopic (exact) mass is 617 g/mol. The number of hydrogen-bond acceptors (Lipinski definition) is 5. The highest BCUT2D eigenvalue weighted by molar-refractivity contribution is 6.21. The Morgan fingerprint density at radius 1 is 0.500 bits per heavy atom. The van der Waals surface area contributed by atoms with Gasteiger partial charge >= 0.3 is 0 Å². The lowest BCUT2D eigenvalue weighted by Crippen LogP contribution is -2.00. The zero-order valence-corrected chi connectivity index (χ0v) is 25.6. The van der Waals surface area contributed by atoms with Gasteiger partial charge in [-0.25, -0.2) is 15.0 Å². The predicted octanol–water partition coefficient (Wildman–Crippen LogP) is 11.4. The standard InChI is InChI=1S/C42H25N4O2/c1-3-12-26(13-4-1)40-44-41(27-14-5-2-6-15-27)46-42(45-40)32-23-22-30(39-36(32)37-34(48-39)19-10-24-43-37)29-17-9-18-33-35(29)31-21-20-25-11-7-8-16-28(25)38(31)47-33/h1-23H,24H2/q-1. The van der Waals surface area contributed by atoms with E-state index >= 15 is 0 Å². The molecule has 1 aliphatic rings. The molecule has 0 bridgehead atoms. The Hall–Kier alpha value is -6.53. The average molecular weight is 618 g/mol. The van der Waals surface area contributed by atoms with Crippen LogP contribution in [0.4, 0.5) is 5.69 Å². The molecule has 48 heavy (non-hydrogen) atoms. The molecule has 6 aromatic carbocycles. The van der Waals surface area contributed by atoms with Crippen LogP contribution in [-0.4, -0.2) is 21.5 Å². The molecular formula is C42H25N4O2-. The molecule has 0 spiro atoms. The van der Waals surface area contributed by atoms with Crippen LogP contribution in [0, 0.1) is 0 Å². The SMILES string of the molecule is C1=Cc2oc3c(-c4cccc5oc6c7ccccc7ccc6c45)ccc(-c4nc(-c5ccccc5)nc(-c5ccccc5)n4)c3c2[N-]C1. The summed E-state index contributed by atoms with van der Waals surface area (Å²) in [5, 5.41) is 10.2. The number of fused-ring (bicyclic) bond motifs is 8. The first-order valence-electron chi connectivity index (χ1n) is 15.9. The van der Waals surface area contributed by atoms with E-state index in [0.717, 1.165) is 82.9 Å². The molecule has 10 rings (SSSR count). The van der Waals surface area contributed by atoms with Gasteiger partial charge < -0.3 is 14.2 Å². The molecule has 226 valence electrons. The molecule has 4 heterocycles. The summed E-state index contributed by atoms with van der Waals surface area (Å²) in [6, 6.07) is 43.1. The zero-order valence-electron chi connectivity index (χ0n) is 25.6. The van der Waals surface area contributed by atoms with Crippen LogP contribution >= 0.6 is 0 Å². The lowest BCUT2D eigenvalue weighted by molar-refractivity contribution is 0.606. The zero-order chi connectivity index (χ0) is 31.6. The number of nitrogens with zero attached hydrogens (tertiary/aromatic N) is 4. The Labute approximate surface area is 275 Å². The molecule has 0 fully saturated rings. The quantitative estimate of drug-likeness (QED) is 0.196. The highest BCUT2D eigenvalue weighted by Crippen LogP contribution is 2.49. The fourth-order valence-corrected chi connectivity index (χ4v) is 6.88. The van der Waals surface area contributed by atoms with Crippen molar-refractivity contribution in [2.45, 2.75) is 0 Å². The summed E-state index contributed by atoms with van der Waals surface area (Å²) in [6.45, 7) is 0.571. The summed E-state index contributed by atoms with van der Waals surface area (Å²) in [7, 11) is 0. The smallest absolute Gasteiger partial charge is 0.164 e. The first-order chi connectivity index (χ1) is 23.8. The maximum Gasteiger partial charge on any atom is 0.164 e. The average Bonchev–Trinajstić information content (AvgIpc) is 3.75. The summed E-state index contributed by atoms with van der Waals surface area (Å²) in [5.41, 5.74) is 7.90. The highest BCUT2D eigenvalue weighted by Gasteiger charge is 2.23. The van der Waals surface area contributed by atoms with Crippen LogP contribution in [0.2, 0.25) is 0 Å². The lowest BCUT2D eigenvalue weighted by atomic mass is 9.94. The van der Waals surface area contributed by atoms with E-state index in [1.165, 1.54) is 0 Å². The van der Waals surface area contributed by atoms with Crippen molar-refractivity contribution < 1.29 is 8.83 Å². The molecule has 0 N–H and O–H groups in total. The summed E-state index contributed by atoms with van der Waals surface area (Å²) in [5.74, 6) is 2.49. The Morgan fingerprint density at radius 3 is 2.00 bits per heavy atom. The molecule has 0 radical (unpaired) electrons. The van der Waals surface area contributed by atoms with Crippen molar-refractivity contribution in [1.29, 1.82) is 0 Å². The molecule has 0 atom stereocenters. The van der Waals surface area contributed by atoms with E-state index in [9.17, 15) is 0 Å². The molecule has 1 aliphatic heterocycles. The van der Waals surface area contributed by atoms with Gasteiger partial charge in [0.1, 0.15) is 22.5 Å². The molecule has 0 amide bonds. The second-order valence-corrected chi connectivity index (χ2v) is 11.9. The maximum atomic E-state index is 6.69. The fraction of sp³-hybridized carbons (Fsp3) is 0.0238. The van der Waals surface area contributed by atoms with E-state index in [1.807, 2.05) is 84.9 Å².